The molecule has 114 valence electrons. The molecule has 0 spiro atoms. The number of nitrogens with zero attached hydrogens (tertiary/aromatic N) is 1. The first kappa shape index (κ1) is 13.9. The summed E-state index contributed by atoms with van der Waals surface area (Å²) < 4.78 is 38.5. The lowest BCUT2D eigenvalue weighted by Gasteiger charge is -2.29. The molecule has 1 aliphatic carbocycles. The summed E-state index contributed by atoms with van der Waals surface area (Å²) in [5, 5.41) is 0. The van der Waals surface area contributed by atoms with Crippen LogP contribution in [0.1, 0.15) is 37.4 Å². The topological polar surface area (TPSA) is 94.4 Å². The van der Waals surface area contributed by atoms with E-state index in [1.54, 1.807) is 0 Å². The van der Waals surface area contributed by atoms with Crippen LogP contribution in [0.15, 0.2) is 9.59 Å². The fraction of sp³-hybridized carbons (Fsp3) is 0.583. The van der Waals surface area contributed by atoms with Crippen LogP contribution in [0.5, 0.6) is 0 Å². The van der Waals surface area contributed by atoms with Crippen molar-refractivity contribution < 1.29 is 13.2 Å². The quantitative estimate of drug-likeness (QED) is 0.749. The monoisotopic (exact) mass is 302 g/mol. The van der Waals surface area contributed by atoms with E-state index in [0.717, 1.165) is 0 Å². The molecule has 2 aromatic rings. The van der Waals surface area contributed by atoms with Crippen molar-refractivity contribution in [1.29, 1.82) is 0 Å². The molecule has 1 fully saturated rings. The predicted molar refractivity (Wildman–Crippen MR) is 68.1 cm³/mol. The SMILES string of the molecule is O=c1[nH]c(=O)c2[nH]c(C3CCCC(C(F)(F)F)C3)nc2[nH]1. The van der Waals surface area contributed by atoms with Gasteiger partial charge in [-0.15, -0.1) is 0 Å². The molecular formula is C12H13F3N4O2. The first-order valence-electron chi connectivity index (χ1n) is 6.63. The number of rotatable bonds is 1. The average Bonchev–Trinajstić information content (AvgIpc) is 2.82. The van der Waals surface area contributed by atoms with Crippen LogP contribution < -0.4 is 11.2 Å². The Morgan fingerprint density at radius 3 is 2.57 bits per heavy atom. The summed E-state index contributed by atoms with van der Waals surface area (Å²) in [7, 11) is 0. The van der Waals surface area contributed by atoms with Crippen LogP contribution in [0, 0.1) is 5.92 Å². The molecule has 2 unspecified atom stereocenters. The second kappa shape index (κ2) is 4.74. The first-order valence-corrected chi connectivity index (χ1v) is 6.63. The second-order valence-electron chi connectivity index (χ2n) is 5.36. The summed E-state index contributed by atoms with van der Waals surface area (Å²) >= 11 is 0. The molecule has 2 heterocycles. The Kier molecular flexibility index (Phi) is 3.14. The molecule has 2 aromatic heterocycles. The summed E-state index contributed by atoms with van der Waals surface area (Å²) in [6.45, 7) is 0. The van der Waals surface area contributed by atoms with Gasteiger partial charge in [-0.05, 0) is 19.3 Å². The molecule has 1 aliphatic rings. The number of hydrogen-bond donors (Lipinski definition) is 3. The van der Waals surface area contributed by atoms with Gasteiger partial charge in [0.05, 0.1) is 5.92 Å². The van der Waals surface area contributed by atoms with E-state index in [1.165, 1.54) is 0 Å². The third-order valence-electron chi connectivity index (χ3n) is 3.93. The number of aromatic nitrogens is 4. The van der Waals surface area contributed by atoms with E-state index >= 15 is 0 Å². The summed E-state index contributed by atoms with van der Waals surface area (Å²) in [5.41, 5.74) is -1.16. The van der Waals surface area contributed by atoms with Crippen LogP contribution in [0.4, 0.5) is 13.2 Å². The molecule has 0 aliphatic heterocycles. The lowest BCUT2D eigenvalue weighted by atomic mass is 9.80. The molecule has 21 heavy (non-hydrogen) atoms. The van der Waals surface area contributed by atoms with E-state index in [9.17, 15) is 22.8 Å². The fourth-order valence-corrected chi connectivity index (χ4v) is 2.88. The number of aromatic amines is 3. The van der Waals surface area contributed by atoms with Crippen molar-refractivity contribution in [1.82, 2.24) is 19.9 Å². The van der Waals surface area contributed by atoms with Gasteiger partial charge in [0.15, 0.2) is 5.65 Å². The van der Waals surface area contributed by atoms with Crippen LogP contribution in [-0.2, 0) is 0 Å². The highest BCUT2D eigenvalue weighted by molar-refractivity contribution is 5.68. The zero-order chi connectivity index (χ0) is 15.2. The molecule has 0 saturated heterocycles. The Balaban J connectivity index is 1.95. The molecule has 3 rings (SSSR count). The standard InChI is InChI=1S/C12H13F3N4O2/c13-12(14,15)6-3-1-2-5(4-6)8-16-7-9(17-8)18-11(21)19-10(7)20/h5-6H,1-4H2,(H3,16,17,18,19,20,21). The van der Waals surface area contributed by atoms with Crippen molar-refractivity contribution in [2.24, 2.45) is 5.92 Å². The molecule has 2 atom stereocenters. The normalized spacial score (nSPS) is 23.6. The Labute approximate surface area is 115 Å². The largest absolute Gasteiger partial charge is 0.391 e. The number of H-pyrrole nitrogens is 3. The third-order valence-corrected chi connectivity index (χ3v) is 3.93. The lowest BCUT2D eigenvalue weighted by molar-refractivity contribution is -0.183. The highest BCUT2D eigenvalue weighted by atomic mass is 19.4. The minimum atomic E-state index is -4.21. The molecule has 0 amide bonds. The second-order valence-corrected chi connectivity index (χ2v) is 5.36. The number of fused-ring (bicyclic) bond motifs is 1. The summed E-state index contributed by atoms with van der Waals surface area (Å²) in [4.78, 5) is 34.0. The van der Waals surface area contributed by atoms with Gasteiger partial charge in [-0.1, -0.05) is 6.42 Å². The smallest absolute Gasteiger partial charge is 0.336 e. The van der Waals surface area contributed by atoms with Crippen LogP contribution >= 0.6 is 0 Å². The number of alkyl halides is 3. The van der Waals surface area contributed by atoms with E-state index in [1.807, 2.05) is 4.98 Å². The Morgan fingerprint density at radius 1 is 1.10 bits per heavy atom. The highest BCUT2D eigenvalue weighted by Crippen LogP contribution is 2.43. The van der Waals surface area contributed by atoms with Gasteiger partial charge < -0.3 is 4.98 Å². The summed E-state index contributed by atoms with van der Waals surface area (Å²) in [5.74, 6) is -1.41. The summed E-state index contributed by atoms with van der Waals surface area (Å²) in [6, 6.07) is 0. The van der Waals surface area contributed by atoms with Crippen molar-refractivity contribution in [2.45, 2.75) is 37.8 Å². The van der Waals surface area contributed by atoms with Gasteiger partial charge >= 0.3 is 11.9 Å². The maximum Gasteiger partial charge on any atom is 0.391 e. The van der Waals surface area contributed by atoms with Gasteiger partial charge in [-0.25, -0.2) is 9.78 Å². The maximum atomic E-state index is 12.8. The Morgan fingerprint density at radius 2 is 1.86 bits per heavy atom. The average molecular weight is 302 g/mol. The van der Waals surface area contributed by atoms with Crippen LogP contribution in [0.2, 0.25) is 0 Å². The van der Waals surface area contributed by atoms with Crippen LogP contribution in [0.25, 0.3) is 11.2 Å². The number of hydrogen-bond acceptors (Lipinski definition) is 3. The highest BCUT2D eigenvalue weighted by Gasteiger charge is 2.43. The van der Waals surface area contributed by atoms with Gasteiger partial charge in [-0.2, -0.15) is 13.2 Å². The maximum absolute atomic E-state index is 12.8. The van der Waals surface area contributed by atoms with E-state index in [2.05, 4.69) is 15.0 Å². The van der Waals surface area contributed by atoms with Gasteiger partial charge in [0.1, 0.15) is 11.3 Å². The molecular weight excluding hydrogens is 289 g/mol. The Hall–Kier alpha value is -2.06. The third kappa shape index (κ3) is 2.59. The van der Waals surface area contributed by atoms with Gasteiger partial charge in [0, 0.05) is 5.92 Å². The Bertz CT molecular complexity index is 773. The van der Waals surface area contributed by atoms with E-state index in [0.29, 0.717) is 18.7 Å². The molecule has 0 radical (unpaired) electrons. The van der Waals surface area contributed by atoms with E-state index in [4.69, 9.17) is 0 Å². The van der Waals surface area contributed by atoms with E-state index < -0.39 is 23.3 Å². The zero-order valence-electron chi connectivity index (χ0n) is 10.9. The number of nitrogens with one attached hydrogen (secondary N) is 3. The lowest BCUT2D eigenvalue weighted by Crippen LogP contribution is -2.28. The van der Waals surface area contributed by atoms with Gasteiger partial charge in [0.2, 0.25) is 0 Å². The molecule has 9 heteroatoms. The molecule has 0 aromatic carbocycles. The van der Waals surface area contributed by atoms with Crippen molar-refractivity contribution in [3.63, 3.8) is 0 Å². The van der Waals surface area contributed by atoms with Crippen molar-refractivity contribution in [3.8, 4) is 0 Å². The van der Waals surface area contributed by atoms with Crippen molar-refractivity contribution in [2.75, 3.05) is 0 Å². The molecule has 3 N–H and O–H groups in total. The van der Waals surface area contributed by atoms with Crippen molar-refractivity contribution >= 4 is 11.2 Å². The number of halogens is 3. The molecule has 6 nitrogen and oxygen atoms in total. The minimum Gasteiger partial charge on any atom is -0.336 e. The fourth-order valence-electron chi connectivity index (χ4n) is 2.88. The van der Waals surface area contributed by atoms with Crippen LogP contribution in [-0.4, -0.2) is 26.1 Å². The van der Waals surface area contributed by atoms with E-state index in [-0.39, 0.29) is 29.9 Å². The first-order chi connectivity index (χ1) is 9.84. The summed E-state index contributed by atoms with van der Waals surface area (Å²) in [6.07, 6.45) is -3.10. The van der Waals surface area contributed by atoms with Crippen molar-refractivity contribution in [3.05, 3.63) is 26.7 Å². The minimum absolute atomic E-state index is 0.0501. The van der Waals surface area contributed by atoms with Crippen LogP contribution in [0.3, 0.4) is 0 Å². The molecule has 0 bridgehead atoms. The zero-order valence-corrected chi connectivity index (χ0v) is 10.9. The van der Waals surface area contributed by atoms with Gasteiger partial charge in [0.25, 0.3) is 5.56 Å². The molecule has 1 saturated carbocycles. The predicted octanol–water partition coefficient (Wildman–Crippen LogP) is 1.78. The van der Waals surface area contributed by atoms with Gasteiger partial charge in [-0.3, -0.25) is 14.8 Å². The number of imidazole rings is 1.